The maximum absolute atomic E-state index is 12.2. The maximum Gasteiger partial charge on any atom is 0.169 e. The van der Waals surface area contributed by atoms with Gasteiger partial charge >= 0.3 is 0 Å². The third kappa shape index (κ3) is 2.25. The van der Waals surface area contributed by atoms with E-state index in [4.69, 9.17) is 5.73 Å². The molecule has 0 atom stereocenters. The molecule has 1 aromatic carbocycles. The van der Waals surface area contributed by atoms with Gasteiger partial charge in [0.25, 0.3) is 0 Å². The summed E-state index contributed by atoms with van der Waals surface area (Å²) in [4.78, 5) is 16.3. The first-order valence-electron chi connectivity index (χ1n) is 5.95. The molecule has 2 rings (SSSR count). The molecule has 3 heteroatoms. The van der Waals surface area contributed by atoms with Crippen molar-refractivity contribution in [2.45, 2.75) is 13.8 Å². The molecule has 0 aliphatic rings. The number of benzene rings is 1. The van der Waals surface area contributed by atoms with Gasteiger partial charge in [-0.1, -0.05) is 44.2 Å². The Balaban J connectivity index is 2.62. The van der Waals surface area contributed by atoms with Crippen LogP contribution in [0.1, 0.15) is 24.2 Å². The normalized spacial score (nSPS) is 10.6. The van der Waals surface area contributed by atoms with Crippen LogP contribution in [0.4, 0.5) is 5.82 Å². The van der Waals surface area contributed by atoms with Crippen LogP contribution >= 0.6 is 0 Å². The lowest BCUT2D eigenvalue weighted by molar-refractivity contribution is 0.0940. The molecule has 18 heavy (non-hydrogen) atoms. The highest BCUT2D eigenvalue weighted by Gasteiger charge is 2.19. The van der Waals surface area contributed by atoms with Gasteiger partial charge in [-0.2, -0.15) is 0 Å². The molecule has 0 aliphatic carbocycles. The van der Waals surface area contributed by atoms with E-state index < -0.39 is 0 Å². The van der Waals surface area contributed by atoms with Gasteiger partial charge < -0.3 is 5.73 Å². The van der Waals surface area contributed by atoms with E-state index in [2.05, 4.69) is 4.98 Å². The number of aromatic nitrogens is 1. The number of nitrogens with two attached hydrogens (primary N) is 1. The van der Waals surface area contributed by atoms with Gasteiger partial charge in [-0.25, -0.2) is 4.98 Å². The highest BCUT2D eigenvalue weighted by atomic mass is 16.1. The maximum atomic E-state index is 12.2. The molecule has 2 N–H and O–H groups in total. The van der Waals surface area contributed by atoms with Crippen molar-refractivity contribution in [3.8, 4) is 11.1 Å². The van der Waals surface area contributed by atoms with Gasteiger partial charge in [0.2, 0.25) is 0 Å². The van der Waals surface area contributed by atoms with Crippen LogP contribution < -0.4 is 5.73 Å². The van der Waals surface area contributed by atoms with Crippen LogP contribution in [0.5, 0.6) is 0 Å². The Kier molecular flexibility index (Phi) is 3.42. The average Bonchev–Trinajstić information content (AvgIpc) is 2.38. The molecule has 0 unspecified atom stereocenters. The third-order valence-corrected chi connectivity index (χ3v) is 2.84. The lowest BCUT2D eigenvalue weighted by Gasteiger charge is -2.12. The number of nitrogens with zero attached hydrogens (tertiary/aromatic N) is 1. The molecule has 3 nitrogen and oxygen atoms in total. The van der Waals surface area contributed by atoms with Crippen molar-refractivity contribution in [2.24, 2.45) is 5.92 Å². The van der Waals surface area contributed by atoms with Crippen LogP contribution in [0, 0.1) is 5.92 Å². The fourth-order valence-electron chi connectivity index (χ4n) is 1.88. The van der Waals surface area contributed by atoms with E-state index in [-0.39, 0.29) is 11.7 Å². The van der Waals surface area contributed by atoms with E-state index in [1.165, 1.54) is 0 Å². The number of Topliss-reactive ketones (excluding diaryl/α,β-unsaturated/α-hetero) is 1. The molecule has 0 bridgehead atoms. The van der Waals surface area contributed by atoms with Crippen molar-refractivity contribution in [1.29, 1.82) is 0 Å². The highest BCUT2D eigenvalue weighted by Crippen LogP contribution is 2.28. The number of hydrogen-bond acceptors (Lipinski definition) is 3. The van der Waals surface area contributed by atoms with Crippen LogP contribution in [-0.2, 0) is 0 Å². The van der Waals surface area contributed by atoms with Crippen LogP contribution in [0.15, 0.2) is 42.6 Å². The summed E-state index contributed by atoms with van der Waals surface area (Å²) in [6, 6.07) is 11.6. The molecular weight excluding hydrogens is 224 g/mol. The largest absolute Gasteiger partial charge is 0.383 e. The van der Waals surface area contributed by atoms with Gasteiger partial charge in [0.05, 0.1) is 5.56 Å². The molecule has 0 spiro atoms. The standard InChI is InChI=1S/C15H16N2O/c1-10(2)14(18)13-12(8-9-17-15(13)16)11-6-4-3-5-7-11/h3-10H,1-2H3,(H2,16,17). The number of carbonyl (C=O) groups excluding carboxylic acids is 1. The predicted molar refractivity (Wildman–Crippen MR) is 73.3 cm³/mol. The van der Waals surface area contributed by atoms with Crippen molar-refractivity contribution in [3.05, 3.63) is 48.2 Å². The minimum absolute atomic E-state index is 0.0273. The summed E-state index contributed by atoms with van der Waals surface area (Å²) in [5.41, 5.74) is 8.22. The van der Waals surface area contributed by atoms with Gasteiger partial charge in [0.15, 0.2) is 5.78 Å². The second kappa shape index (κ2) is 5.00. The molecule has 1 aromatic heterocycles. The molecule has 0 saturated heterocycles. The molecule has 2 aromatic rings. The fraction of sp³-hybridized carbons (Fsp3) is 0.200. The van der Waals surface area contributed by atoms with E-state index in [1.807, 2.05) is 50.2 Å². The van der Waals surface area contributed by atoms with Crippen LogP contribution in [0.2, 0.25) is 0 Å². The van der Waals surface area contributed by atoms with Crippen molar-refractivity contribution < 1.29 is 4.79 Å². The molecule has 1 heterocycles. The number of hydrogen-bond donors (Lipinski definition) is 1. The highest BCUT2D eigenvalue weighted by molar-refractivity contribution is 6.06. The zero-order chi connectivity index (χ0) is 13.1. The first-order valence-corrected chi connectivity index (χ1v) is 5.95. The molecule has 0 saturated carbocycles. The number of nitrogen functional groups attached to an aromatic ring is 1. The first kappa shape index (κ1) is 12.3. The monoisotopic (exact) mass is 240 g/mol. The molecule has 92 valence electrons. The minimum Gasteiger partial charge on any atom is -0.383 e. The quantitative estimate of drug-likeness (QED) is 0.838. The predicted octanol–water partition coefficient (Wildman–Crippen LogP) is 3.17. The van der Waals surface area contributed by atoms with Crippen LogP contribution in [0.3, 0.4) is 0 Å². The second-order valence-corrected chi connectivity index (χ2v) is 4.50. The molecule has 0 amide bonds. The second-order valence-electron chi connectivity index (χ2n) is 4.50. The fourth-order valence-corrected chi connectivity index (χ4v) is 1.88. The summed E-state index contributed by atoms with van der Waals surface area (Å²) < 4.78 is 0. The van der Waals surface area contributed by atoms with Crippen LogP contribution in [-0.4, -0.2) is 10.8 Å². The summed E-state index contributed by atoms with van der Waals surface area (Å²) in [5.74, 6) is 0.230. The van der Waals surface area contributed by atoms with Gasteiger partial charge in [-0.3, -0.25) is 4.79 Å². The van der Waals surface area contributed by atoms with Gasteiger partial charge in [0.1, 0.15) is 5.82 Å². The summed E-state index contributed by atoms with van der Waals surface area (Å²) in [5, 5.41) is 0. The number of carbonyl (C=O) groups is 1. The summed E-state index contributed by atoms with van der Waals surface area (Å²) in [6.07, 6.45) is 1.63. The summed E-state index contributed by atoms with van der Waals surface area (Å²) in [7, 11) is 0. The Bertz CT molecular complexity index is 562. The topological polar surface area (TPSA) is 56.0 Å². The average molecular weight is 240 g/mol. The lowest BCUT2D eigenvalue weighted by atomic mass is 9.93. The summed E-state index contributed by atoms with van der Waals surface area (Å²) >= 11 is 0. The van der Waals surface area contributed by atoms with E-state index in [1.54, 1.807) is 6.20 Å². The van der Waals surface area contributed by atoms with Gasteiger partial charge in [-0.15, -0.1) is 0 Å². The zero-order valence-electron chi connectivity index (χ0n) is 10.6. The Morgan fingerprint density at radius 2 is 1.83 bits per heavy atom. The van der Waals surface area contributed by atoms with Crippen molar-refractivity contribution in [1.82, 2.24) is 4.98 Å². The lowest BCUT2D eigenvalue weighted by Crippen LogP contribution is -2.13. The molecule has 0 fully saturated rings. The van der Waals surface area contributed by atoms with Gasteiger partial charge in [0, 0.05) is 12.1 Å². The van der Waals surface area contributed by atoms with Crippen molar-refractivity contribution in [3.63, 3.8) is 0 Å². The van der Waals surface area contributed by atoms with E-state index in [0.29, 0.717) is 11.4 Å². The number of pyridine rings is 1. The third-order valence-electron chi connectivity index (χ3n) is 2.84. The van der Waals surface area contributed by atoms with E-state index in [9.17, 15) is 4.79 Å². The minimum atomic E-state index is -0.0982. The number of ketones is 1. The Morgan fingerprint density at radius 3 is 2.44 bits per heavy atom. The SMILES string of the molecule is CC(C)C(=O)c1c(-c2ccccc2)ccnc1N. The first-order chi connectivity index (χ1) is 8.61. The zero-order valence-corrected chi connectivity index (χ0v) is 10.6. The number of rotatable bonds is 3. The smallest absolute Gasteiger partial charge is 0.169 e. The molecule has 0 aliphatic heterocycles. The van der Waals surface area contributed by atoms with Crippen molar-refractivity contribution >= 4 is 11.6 Å². The Morgan fingerprint density at radius 1 is 1.17 bits per heavy atom. The van der Waals surface area contributed by atoms with Crippen LogP contribution in [0.25, 0.3) is 11.1 Å². The number of anilines is 1. The van der Waals surface area contributed by atoms with E-state index >= 15 is 0 Å². The van der Waals surface area contributed by atoms with Crippen molar-refractivity contribution in [2.75, 3.05) is 5.73 Å². The Hall–Kier alpha value is -2.16. The van der Waals surface area contributed by atoms with Gasteiger partial charge in [-0.05, 0) is 17.2 Å². The Labute approximate surface area is 107 Å². The van der Waals surface area contributed by atoms with E-state index in [0.717, 1.165) is 11.1 Å². The molecular formula is C15H16N2O. The summed E-state index contributed by atoms with van der Waals surface area (Å²) in [6.45, 7) is 3.73. The molecule has 0 radical (unpaired) electrons.